The van der Waals surface area contributed by atoms with Crippen LogP contribution in [0.1, 0.15) is 17.7 Å². The van der Waals surface area contributed by atoms with Crippen LogP contribution in [0.5, 0.6) is 11.5 Å². The van der Waals surface area contributed by atoms with Crippen LogP contribution in [0.15, 0.2) is 35.3 Å². The molecule has 0 amide bonds. The lowest BCUT2D eigenvalue weighted by atomic mass is 10.1. The zero-order valence-electron chi connectivity index (χ0n) is 10.9. The third kappa shape index (κ3) is 3.68. The van der Waals surface area contributed by atoms with Gasteiger partial charge in [-0.2, -0.15) is 4.98 Å². The maximum Gasteiger partial charge on any atom is 0.345 e. The van der Waals surface area contributed by atoms with Crippen molar-refractivity contribution in [3.8, 4) is 11.5 Å². The van der Waals surface area contributed by atoms with Gasteiger partial charge in [0.25, 0.3) is 0 Å². The molecule has 6 nitrogen and oxygen atoms in total. The number of carbonyl (C=O) groups is 1. The zero-order valence-corrected chi connectivity index (χ0v) is 10.9. The van der Waals surface area contributed by atoms with Gasteiger partial charge in [-0.1, -0.05) is 12.1 Å². The number of aliphatic carboxylic acids is 1. The Labute approximate surface area is 115 Å². The summed E-state index contributed by atoms with van der Waals surface area (Å²) < 4.78 is 5.63. The molecule has 20 heavy (non-hydrogen) atoms. The minimum Gasteiger partial charge on any atom is -0.481 e. The fourth-order valence-corrected chi connectivity index (χ4v) is 1.71. The van der Waals surface area contributed by atoms with E-state index >= 15 is 0 Å². The molecule has 0 atom stereocenters. The van der Waals surface area contributed by atoms with Crippen LogP contribution >= 0.6 is 0 Å². The standard InChI is InChI=1S/C14H14N2O4/c1-9-12(8-15-14(19)16-9)20-11-4-2-3-10(7-11)5-6-13(17)18/h2-4,7-8H,5-6H2,1H3,(H,17,18)(H,15,16,19). The molecule has 1 aromatic heterocycles. The zero-order chi connectivity index (χ0) is 14.5. The van der Waals surface area contributed by atoms with Crippen LogP contribution < -0.4 is 10.4 Å². The monoisotopic (exact) mass is 274 g/mol. The van der Waals surface area contributed by atoms with E-state index in [2.05, 4.69) is 9.97 Å². The van der Waals surface area contributed by atoms with Gasteiger partial charge in [0.15, 0.2) is 5.75 Å². The van der Waals surface area contributed by atoms with E-state index < -0.39 is 11.7 Å². The van der Waals surface area contributed by atoms with E-state index in [9.17, 15) is 9.59 Å². The fourth-order valence-electron chi connectivity index (χ4n) is 1.71. The molecular weight excluding hydrogens is 260 g/mol. The van der Waals surface area contributed by atoms with Crippen LogP contribution in [0, 0.1) is 6.92 Å². The van der Waals surface area contributed by atoms with Gasteiger partial charge in [-0.3, -0.25) is 4.79 Å². The molecule has 2 rings (SSSR count). The third-order valence-electron chi connectivity index (χ3n) is 2.72. The highest BCUT2D eigenvalue weighted by Gasteiger charge is 2.05. The van der Waals surface area contributed by atoms with Crippen molar-refractivity contribution in [3.63, 3.8) is 0 Å². The third-order valence-corrected chi connectivity index (χ3v) is 2.72. The van der Waals surface area contributed by atoms with E-state index in [1.54, 1.807) is 25.1 Å². The van der Waals surface area contributed by atoms with Crippen LogP contribution in [0.2, 0.25) is 0 Å². The lowest BCUT2D eigenvalue weighted by Gasteiger charge is -2.08. The minimum atomic E-state index is -0.836. The molecule has 0 radical (unpaired) electrons. The largest absolute Gasteiger partial charge is 0.481 e. The fraction of sp³-hybridized carbons (Fsp3) is 0.214. The maximum absolute atomic E-state index is 11.0. The van der Waals surface area contributed by atoms with E-state index in [0.29, 0.717) is 23.6 Å². The van der Waals surface area contributed by atoms with Gasteiger partial charge < -0.3 is 14.8 Å². The second-order valence-corrected chi connectivity index (χ2v) is 4.32. The molecule has 104 valence electrons. The molecule has 2 N–H and O–H groups in total. The first-order valence-electron chi connectivity index (χ1n) is 6.09. The highest BCUT2D eigenvalue weighted by Crippen LogP contribution is 2.23. The Morgan fingerprint density at radius 1 is 1.45 bits per heavy atom. The average Bonchev–Trinajstić information content (AvgIpc) is 2.40. The van der Waals surface area contributed by atoms with Crippen LogP contribution in [-0.2, 0) is 11.2 Å². The van der Waals surface area contributed by atoms with Crippen LogP contribution in [0.4, 0.5) is 0 Å². The summed E-state index contributed by atoms with van der Waals surface area (Å²) in [7, 11) is 0. The molecule has 0 aliphatic carbocycles. The Morgan fingerprint density at radius 3 is 2.95 bits per heavy atom. The molecular formula is C14H14N2O4. The number of nitrogens with zero attached hydrogens (tertiary/aromatic N) is 1. The topological polar surface area (TPSA) is 92.3 Å². The summed E-state index contributed by atoms with van der Waals surface area (Å²) in [4.78, 5) is 27.7. The van der Waals surface area contributed by atoms with E-state index in [4.69, 9.17) is 9.84 Å². The van der Waals surface area contributed by atoms with E-state index in [1.807, 2.05) is 6.07 Å². The van der Waals surface area contributed by atoms with Crippen molar-refractivity contribution < 1.29 is 14.6 Å². The van der Waals surface area contributed by atoms with Crippen molar-refractivity contribution in [2.45, 2.75) is 19.8 Å². The summed E-state index contributed by atoms with van der Waals surface area (Å²) in [6, 6.07) is 7.16. The lowest BCUT2D eigenvalue weighted by Crippen LogP contribution is -2.11. The number of carboxylic acid groups (broad SMARTS) is 1. The number of aromatic amines is 1. The van der Waals surface area contributed by atoms with Gasteiger partial charge in [-0.05, 0) is 31.0 Å². The molecule has 0 bridgehead atoms. The SMILES string of the molecule is Cc1[nH]c(=O)ncc1Oc1cccc(CCC(=O)O)c1. The Hall–Kier alpha value is -2.63. The minimum absolute atomic E-state index is 0.0721. The van der Waals surface area contributed by atoms with Gasteiger partial charge in [0.05, 0.1) is 11.9 Å². The summed E-state index contributed by atoms with van der Waals surface area (Å²) in [6.45, 7) is 1.71. The molecule has 0 unspecified atom stereocenters. The van der Waals surface area contributed by atoms with E-state index in [0.717, 1.165) is 5.56 Å². The van der Waals surface area contributed by atoms with Crippen LogP contribution in [0.25, 0.3) is 0 Å². The first kappa shape index (κ1) is 13.8. The normalized spacial score (nSPS) is 10.2. The van der Waals surface area contributed by atoms with E-state index in [1.165, 1.54) is 6.20 Å². The first-order chi connectivity index (χ1) is 9.54. The van der Waals surface area contributed by atoms with E-state index in [-0.39, 0.29) is 6.42 Å². The Kier molecular flexibility index (Phi) is 4.14. The predicted molar refractivity (Wildman–Crippen MR) is 72.1 cm³/mol. The molecule has 0 spiro atoms. The van der Waals surface area contributed by atoms with Crippen molar-refractivity contribution >= 4 is 5.97 Å². The van der Waals surface area contributed by atoms with Crippen molar-refractivity contribution in [1.82, 2.24) is 9.97 Å². The Balaban J connectivity index is 2.15. The van der Waals surface area contributed by atoms with Crippen LogP contribution in [0.3, 0.4) is 0 Å². The highest BCUT2D eigenvalue weighted by molar-refractivity contribution is 5.67. The van der Waals surface area contributed by atoms with Gasteiger partial charge in [-0.15, -0.1) is 0 Å². The predicted octanol–water partition coefficient (Wildman–Crippen LogP) is 1.89. The number of aromatic nitrogens is 2. The quantitative estimate of drug-likeness (QED) is 0.868. The first-order valence-corrected chi connectivity index (χ1v) is 6.09. The molecule has 0 saturated carbocycles. The molecule has 1 heterocycles. The molecule has 0 fully saturated rings. The van der Waals surface area contributed by atoms with Gasteiger partial charge in [0.2, 0.25) is 0 Å². The van der Waals surface area contributed by atoms with Gasteiger partial charge in [-0.25, -0.2) is 4.79 Å². The second kappa shape index (κ2) is 6.01. The Morgan fingerprint density at radius 2 is 2.25 bits per heavy atom. The van der Waals surface area contributed by atoms with Gasteiger partial charge >= 0.3 is 11.7 Å². The Bertz CT molecular complexity index is 679. The van der Waals surface area contributed by atoms with Crippen LogP contribution in [-0.4, -0.2) is 21.0 Å². The number of aryl methyl sites for hydroxylation is 2. The van der Waals surface area contributed by atoms with Crippen molar-refractivity contribution in [3.05, 3.63) is 52.2 Å². The summed E-state index contributed by atoms with van der Waals surface area (Å²) in [5.41, 5.74) is 1.03. The number of hydrogen-bond acceptors (Lipinski definition) is 4. The molecule has 0 aliphatic rings. The number of nitrogens with one attached hydrogen (secondary N) is 1. The number of hydrogen-bond donors (Lipinski definition) is 2. The number of ether oxygens (including phenoxy) is 1. The molecule has 2 aromatic rings. The second-order valence-electron chi connectivity index (χ2n) is 4.32. The molecule has 0 saturated heterocycles. The van der Waals surface area contributed by atoms with Crippen molar-refractivity contribution in [1.29, 1.82) is 0 Å². The summed E-state index contributed by atoms with van der Waals surface area (Å²) in [5.74, 6) is 0.196. The molecule has 1 aromatic carbocycles. The van der Waals surface area contributed by atoms with Crippen molar-refractivity contribution in [2.24, 2.45) is 0 Å². The smallest absolute Gasteiger partial charge is 0.345 e. The average molecular weight is 274 g/mol. The van der Waals surface area contributed by atoms with Gasteiger partial charge in [0.1, 0.15) is 5.75 Å². The number of carboxylic acids is 1. The maximum atomic E-state index is 11.0. The number of benzene rings is 1. The molecule has 6 heteroatoms. The highest BCUT2D eigenvalue weighted by atomic mass is 16.5. The number of rotatable bonds is 5. The lowest BCUT2D eigenvalue weighted by molar-refractivity contribution is -0.136. The molecule has 0 aliphatic heterocycles. The summed E-state index contributed by atoms with van der Waals surface area (Å²) in [6.07, 6.45) is 1.87. The summed E-state index contributed by atoms with van der Waals surface area (Å²) >= 11 is 0. The summed E-state index contributed by atoms with van der Waals surface area (Å²) in [5, 5.41) is 8.67. The van der Waals surface area contributed by atoms with Gasteiger partial charge in [0, 0.05) is 6.42 Å². The number of H-pyrrole nitrogens is 1. The van der Waals surface area contributed by atoms with Crippen molar-refractivity contribution in [2.75, 3.05) is 0 Å².